The number of amides is 2. The smallest absolute Gasteiger partial charge is 0.261 e. The number of hydrogen-bond acceptors (Lipinski definition) is 5. The molecule has 31 heavy (non-hydrogen) atoms. The number of rotatable bonds is 0. The summed E-state index contributed by atoms with van der Waals surface area (Å²) in [6, 6.07) is 4.49. The number of nitrogens with one attached hydrogen (secondary N) is 1. The largest absolute Gasteiger partial charge is 0.480 e. The molecule has 2 amide bonds. The van der Waals surface area contributed by atoms with Crippen LogP contribution in [0.4, 0.5) is 4.39 Å². The molecule has 6 rings (SSSR count). The number of fused-ring (bicyclic) bond motifs is 5. The van der Waals surface area contributed by atoms with Crippen molar-refractivity contribution < 1.29 is 28.2 Å². The minimum absolute atomic E-state index is 0.0286. The predicted octanol–water partition coefficient (Wildman–Crippen LogP) is 2.14. The number of carbonyl (C=O) groups is 2. The Morgan fingerprint density at radius 2 is 1.97 bits per heavy atom. The maximum Gasteiger partial charge on any atom is 0.261 e. The van der Waals surface area contributed by atoms with E-state index in [9.17, 15) is 14.0 Å². The summed E-state index contributed by atoms with van der Waals surface area (Å²) in [6.45, 7) is 2.40. The molecule has 5 aliphatic rings. The van der Waals surface area contributed by atoms with Gasteiger partial charge < -0.3 is 24.4 Å². The van der Waals surface area contributed by atoms with Gasteiger partial charge in [-0.15, -0.1) is 0 Å². The van der Waals surface area contributed by atoms with E-state index in [1.807, 2.05) is 13.0 Å². The van der Waals surface area contributed by atoms with Gasteiger partial charge in [-0.2, -0.15) is 0 Å². The van der Waals surface area contributed by atoms with Crippen molar-refractivity contribution in [2.45, 2.75) is 68.7 Å². The molecule has 168 valence electrons. The van der Waals surface area contributed by atoms with Gasteiger partial charge in [0.05, 0.1) is 30.9 Å². The molecule has 0 radical (unpaired) electrons. The first-order valence-electron chi connectivity index (χ1n) is 11.2. The zero-order chi connectivity index (χ0) is 21.6. The summed E-state index contributed by atoms with van der Waals surface area (Å²) in [5.74, 6) is -0.472. The van der Waals surface area contributed by atoms with E-state index < -0.39 is 11.4 Å². The summed E-state index contributed by atoms with van der Waals surface area (Å²) in [4.78, 5) is 27.2. The molecule has 2 bridgehead atoms. The van der Waals surface area contributed by atoms with E-state index in [1.165, 1.54) is 6.07 Å². The highest BCUT2D eigenvalue weighted by Gasteiger charge is 2.55. The zero-order valence-electron chi connectivity index (χ0n) is 17.8. The molecule has 1 aliphatic carbocycles. The Morgan fingerprint density at radius 3 is 2.74 bits per heavy atom. The van der Waals surface area contributed by atoms with E-state index in [0.29, 0.717) is 19.6 Å². The minimum Gasteiger partial charge on any atom is -0.480 e. The van der Waals surface area contributed by atoms with Crippen LogP contribution in [0.15, 0.2) is 18.2 Å². The average Bonchev–Trinajstić information content (AvgIpc) is 3.01. The summed E-state index contributed by atoms with van der Waals surface area (Å²) in [6.07, 6.45) is 4.16. The maximum absolute atomic E-state index is 14.7. The summed E-state index contributed by atoms with van der Waals surface area (Å²) in [5, 5.41) is 3.10. The molecule has 0 aromatic heterocycles. The van der Waals surface area contributed by atoms with Crippen LogP contribution in [-0.2, 0) is 19.1 Å². The van der Waals surface area contributed by atoms with Crippen LogP contribution < -0.4 is 10.1 Å². The van der Waals surface area contributed by atoms with Gasteiger partial charge in [0.25, 0.3) is 5.91 Å². The molecule has 1 aromatic carbocycles. The highest BCUT2D eigenvalue weighted by atomic mass is 19.1. The van der Waals surface area contributed by atoms with Crippen molar-refractivity contribution in [3.05, 3.63) is 29.6 Å². The Bertz CT molecular complexity index is 872. The van der Waals surface area contributed by atoms with Gasteiger partial charge in [0.15, 0.2) is 18.2 Å². The molecular weight excluding hydrogens is 403 g/mol. The zero-order valence-corrected chi connectivity index (χ0v) is 17.8. The molecule has 7 nitrogen and oxygen atoms in total. The monoisotopic (exact) mass is 432 g/mol. The molecule has 1 aromatic rings. The van der Waals surface area contributed by atoms with Crippen molar-refractivity contribution in [2.75, 3.05) is 26.4 Å². The topological polar surface area (TPSA) is 77.1 Å². The molecule has 4 aliphatic heterocycles. The number of hydrogen-bond donors (Lipinski definition) is 1. The molecule has 3 fully saturated rings. The van der Waals surface area contributed by atoms with Crippen molar-refractivity contribution in [2.24, 2.45) is 0 Å². The van der Waals surface area contributed by atoms with Crippen LogP contribution in [0.3, 0.4) is 0 Å². The van der Waals surface area contributed by atoms with Crippen LogP contribution in [0.5, 0.6) is 5.75 Å². The quantitative estimate of drug-likeness (QED) is 0.680. The van der Waals surface area contributed by atoms with Gasteiger partial charge in [-0.05, 0) is 51.0 Å². The third kappa shape index (κ3) is 3.69. The molecule has 3 atom stereocenters. The van der Waals surface area contributed by atoms with Crippen molar-refractivity contribution in [3.63, 3.8) is 0 Å². The van der Waals surface area contributed by atoms with Crippen LogP contribution in [0, 0.1) is 5.82 Å². The van der Waals surface area contributed by atoms with Crippen molar-refractivity contribution in [1.82, 2.24) is 10.2 Å². The van der Waals surface area contributed by atoms with Crippen molar-refractivity contribution in [1.29, 1.82) is 0 Å². The van der Waals surface area contributed by atoms with Crippen molar-refractivity contribution >= 4 is 11.8 Å². The second-order valence-electron chi connectivity index (χ2n) is 9.32. The molecular formula is C23H29FN2O5. The van der Waals surface area contributed by atoms with Gasteiger partial charge in [0.2, 0.25) is 5.91 Å². The molecule has 8 heteroatoms. The molecule has 0 unspecified atom stereocenters. The lowest BCUT2D eigenvalue weighted by atomic mass is 9.82. The van der Waals surface area contributed by atoms with E-state index in [1.54, 1.807) is 11.0 Å². The first-order valence-corrected chi connectivity index (χ1v) is 11.2. The van der Waals surface area contributed by atoms with Crippen molar-refractivity contribution in [3.8, 4) is 5.75 Å². The van der Waals surface area contributed by atoms with E-state index in [-0.39, 0.29) is 54.9 Å². The number of para-hydroxylation sites is 1. The molecule has 1 spiro atoms. The molecule has 1 saturated carbocycles. The first-order chi connectivity index (χ1) is 15.0. The van der Waals surface area contributed by atoms with Crippen LogP contribution in [-0.4, -0.2) is 66.9 Å². The lowest BCUT2D eigenvalue weighted by Gasteiger charge is -2.41. The fraction of sp³-hybridized carbons (Fsp3) is 0.652. The second kappa shape index (κ2) is 8.06. The van der Waals surface area contributed by atoms with E-state index >= 15 is 0 Å². The van der Waals surface area contributed by atoms with Crippen LogP contribution in [0.1, 0.15) is 50.5 Å². The molecule has 1 N–H and O–H groups in total. The Morgan fingerprint density at radius 1 is 1.16 bits per heavy atom. The van der Waals surface area contributed by atoms with Crippen LogP contribution >= 0.6 is 0 Å². The van der Waals surface area contributed by atoms with Crippen LogP contribution in [0.2, 0.25) is 0 Å². The predicted molar refractivity (Wildman–Crippen MR) is 109 cm³/mol. The number of halogens is 1. The van der Waals surface area contributed by atoms with Gasteiger partial charge in [-0.3, -0.25) is 9.59 Å². The number of carbonyl (C=O) groups excluding carboxylic acids is 2. The highest BCUT2D eigenvalue weighted by Crippen LogP contribution is 2.41. The molecule has 2 saturated heterocycles. The number of ether oxygens (including phenoxy) is 3. The lowest BCUT2D eigenvalue weighted by Crippen LogP contribution is -2.65. The van der Waals surface area contributed by atoms with Gasteiger partial charge in [-0.25, -0.2) is 4.39 Å². The third-order valence-corrected chi connectivity index (χ3v) is 7.32. The highest BCUT2D eigenvalue weighted by molar-refractivity contribution is 5.81. The number of benzene rings is 1. The number of morpholine rings is 1. The van der Waals surface area contributed by atoms with E-state index in [4.69, 9.17) is 14.2 Å². The fourth-order valence-electron chi connectivity index (χ4n) is 5.93. The average molecular weight is 432 g/mol. The Kier molecular flexibility index (Phi) is 5.38. The second-order valence-corrected chi connectivity index (χ2v) is 9.32. The number of nitrogens with zero attached hydrogens (tertiary/aromatic N) is 1. The SMILES string of the molecule is C[C@@H]1C[C@@]2(COCC(=O)N2)[C@@H]2COC3CCC(CC3)c3cccc(F)c3OCC(=O)N12. The Balaban J connectivity index is 1.49. The minimum atomic E-state index is -0.676. The van der Waals surface area contributed by atoms with Gasteiger partial charge in [-0.1, -0.05) is 12.1 Å². The normalized spacial score (nSPS) is 36.0. The summed E-state index contributed by atoms with van der Waals surface area (Å²) >= 11 is 0. The Hall–Kier alpha value is -2.19. The van der Waals surface area contributed by atoms with Crippen LogP contribution in [0.25, 0.3) is 0 Å². The summed E-state index contributed by atoms with van der Waals surface area (Å²) in [7, 11) is 0. The summed E-state index contributed by atoms with van der Waals surface area (Å²) in [5.41, 5.74) is 0.159. The van der Waals surface area contributed by atoms with E-state index in [2.05, 4.69) is 5.32 Å². The summed E-state index contributed by atoms with van der Waals surface area (Å²) < 4.78 is 32.4. The maximum atomic E-state index is 14.7. The molecule has 4 heterocycles. The third-order valence-electron chi connectivity index (χ3n) is 7.32. The first kappa shape index (κ1) is 20.7. The fourth-order valence-corrected chi connectivity index (χ4v) is 5.93. The van der Waals surface area contributed by atoms with Gasteiger partial charge in [0, 0.05) is 11.6 Å². The van der Waals surface area contributed by atoms with Gasteiger partial charge in [0.1, 0.15) is 6.61 Å². The van der Waals surface area contributed by atoms with Gasteiger partial charge >= 0.3 is 0 Å². The standard InChI is InChI=1S/C23H29FN2O5/c1-14-9-23(13-29-11-20(27)25-23)19-10-30-16-7-5-15(6-8-16)17-3-2-4-18(24)22(17)31-12-21(28)26(14)19/h2-4,14-16,19H,5-13H2,1H3,(H,25,27)/t14-,15?,16?,19+,23-/m1/s1. The van der Waals surface area contributed by atoms with E-state index in [0.717, 1.165) is 31.2 Å². The lowest BCUT2D eigenvalue weighted by molar-refractivity contribution is -0.145. The Labute approximate surface area is 181 Å².